The molecular weight excluding hydrogens is 332 g/mol. The zero-order chi connectivity index (χ0) is 19.0. The van der Waals surface area contributed by atoms with E-state index in [9.17, 15) is 9.59 Å². The van der Waals surface area contributed by atoms with Crippen LogP contribution in [-0.2, 0) is 16.1 Å². The van der Waals surface area contributed by atoms with Crippen molar-refractivity contribution in [2.45, 2.75) is 83.4 Å². The number of carbonyl (C=O) groups excluding carboxylic acids is 2. The Hall–Kier alpha value is -2.05. The molecule has 0 atom stereocenters. The normalized spacial score (nSPS) is 17.2. The highest BCUT2D eigenvalue weighted by Crippen LogP contribution is 2.27. The molecule has 146 valence electrons. The first-order valence-corrected chi connectivity index (χ1v) is 9.53. The second-order valence-corrected chi connectivity index (χ2v) is 8.12. The highest BCUT2D eigenvalue weighted by molar-refractivity contribution is 5.76. The molecule has 0 aromatic carbocycles. The molecule has 1 fully saturated rings. The first-order chi connectivity index (χ1) is 12.3. The predicted molar refractivity (Wildman–Crippen MR) is 99.7 cm³/mol. The van der Waals surface area contributed by atoms with Crippen molar-refractivity contribution in [3.63, 3.8) is 0 Å². The first kappa shape index (κ1) is 20.3. The van der Waals surface area contributed by atoms with Gasteiger partial charge in [-0.2, -0.15) is 5.10 Å². The third-order valence-corrected chi connectivity index (χ3v) is 4.58. The fraction of sp³-hybridized carbons (Fsp3) is 0.737. The summed E-state index contributed by atoms with van der Waals surface area (Å²) < 4.78 is 7.17. The number of alkyl carbamates (subject to hydrolysis) is 1. The van der Waals surface area contributed by atoms with E-state index in [1.807, 2.05) is 33.0 Å². The molecule has 0 aliphatic heterocycles. The van der Waals surface area contributed by atoms with Crippen molar-refractivity contribution in [3.05, 3.63) is 18.5 Å². The molecule has 2 amide bonds. The quantitative estimate of drug-likeness (QED) is 0.760. The Labute approximate surface area is 155 Å². The maximum absolute atomic E-state index is 12.3. The van der Waals surface area contributed by atoms with Crippen LogP contribution >= 0.6 is 0 Å². The number of hydrogen-bond acceptors (Lipinski definition) is 4. The molecule has 1 heterocycles. The average molecular weight is 364 g/mol. The number of aromatic nitrogens is 2. The van der Waals surface area contributed by atoms with E-state index >= 15 is 0 Å². The summed E-state index contributed by atoms with van der Waals surface area (Å²) in [5, 5.41) is 10.2. The molecule has 2 N–H and O–H groups in total. The smallest absolute Gasteiger partial charge is 0.408 e. The highest BCUT2D eigenvalue weighted by atomic mass is 16.6. The second kappa shape index (κ2) is 9.05. The molecule has 26 heavy (non-hydrogen) atoms. The molecule has 0 radical (unpaired) electrons. The third-order valence-electron chi connectivity index (χ3n) is 4.58. The molecule has 2 rings (SSSR count). The third kappa shape index (κ3) is 7.06. The summed E-state index contributed by atoms with van der Waals surface area (Å²) in [5.41, 5.74) is -0.969. The molecule has 1 aromatic rings. The minimum Gasteiger partial charge on any atom is -0.444 e. The molecular formula is C19H32N4O3. The predicted octanol–water partition coefficient (Wildman–Crippen LogP) is 3.01. The zero-order valence-corrected chi connectivity index (χ0v) is 16.2. The average Bonchev–Trinajstić information content (AvgIpc) is 2.96. The maximum atomic E-state index is 12.3. The van der Waals surface area contributed by atoms with Crippen LogP contribution in [0.4, 0.5) is 4.79 Å². The number of ether oxygens (including phenoxy) is 1. The van der Waals surface area contributed by atoms with Crippen LogP contribution in [0.25, 0.3) is 0 Å². The summed E-state index contributed by atoms with van der Waals surface area (Å²) in [6.07, 6.45) is 9.59. The lowest BCUT2D eigenvalue weighted by Crippen LogP contribution is -2.56. The van der Waals surface area contributed by atoms with Crippen molar-refractivity contribution >= 4 is 12.0 Å². The number of hydrogen-bond donors (Lipinski definition) is 2. The van der Waals surface area contributed by atoms with Crippen LogP contribution in [0.1, 0.15) is 65.7 Å². The number of nitrogens with one attached hydrogen (secondary N) is 2. The summed E-state index contributed by atoms with van der Waals surface area (Å²) in [6, 6.07) is 1.84. The van der Waals surface area contributed by atoms with E-state index < -0.39 is 17.2 Å². The molecule has 0 spiro atoms. The minimum absolute atomic E-state index is 0.0323. The van der Waals surface area contributed by atoms with Gasteiger partial charge in [-0.25, -0.2) is 4.79 Å². The van der Waals surface area contributed by atoms with Crippen LogP contribution in [0.2, 0.25) is 0 Å². The van der Waals surface area contributed by atoms with Crippen LogP contribution < -0.4 is 10.6 Å². The molecule has 0 saturated heterocycles. The molecule has 1 saturated carbocycles. The Balaban J connectivity index is 1.90. The number of aryl methyl sites for hydroxylation is 1. The van der Waals surface area contributed by atoms with Gasteiger partial charge in [-0.05, 0) is 39.7 Å². The van der Waals surface area contributed by atoms with Crippen molar-refractivity contribution in [3.8, 4) is 0 Å². The van der Waals surface area contributed by atoms with E-state index in [1.54, 1.807) is 10.9 Å². The molecule has 7 heteroatoms. The van der Waals surface area contributed by atoms with Gasteiger partial charge in [-0.3, -0.25) is 9.48 Å². The number of nitrogens with zero attached hydrogens (tertiary/aromatic N) is 2. The van der Waals surface area contributed by atoms with Crippen molar-refractivity contribution < 1.29 is 14.3 Å². The van der Waals surface area contributed by atoms with Gasteiger partial charge in [0, 0.05) is 31.9 Å². The fourth-order valence-electron chi connectivity index (χ4n) is 3.28. The number of rotatable bonds is 6. The van der Waals surface area contributed by atoms with Gasteiger partial charge in [0.2, 0.25) is 5.91 Å². The van der Waals surface area contributed by atoms with E-state index in [2.05, 4.69) is 15.7 Å². The standard InChI is InChI=1S/C19H32N4O3/c1-18(2,3)26-17(25)22-19(10-6-4-5-7-11-19)15-20-16(24)9-14-23-13-8-12-21-23/h8,12-13H,4-7,9-11,14-15H2,1-3H3,(H,20,24)(H,22,25). The lowest BCUT2D eigenvalue weighted by molar-refractivity contribution is -0.121. The van der Waals surface area contributed by atoms with Gasteiger partial charge in [0.05, 0.1) is 5.54 Å². The van der Waals surface area contributed by atoms with E-state index in [0.717, 1.165) is 38.5 Å². The Bertz CT molecular complexity index is 570. The number of carbonyl (C=O) groups is 2. The van der Waals surface area contributed by atoms with Gasteiger partial charge in [0.1, 0.15) is 5.60 Å². The Morgan fingerprint density at radius 3 is 2.46 bits per heavy atom. The van der Waals surface area contributed by atoms with E-state index in [4.69, 9.17) is 4.74 Å². The van der Waals surface area contributed by atoms with Gasteiger partial charge in [0.15, 0.2) is 0 Å². The summed E-state index contributed by atoms with van der Waals surface area (Å²) in [5.74, 6) is -0.0323. The first-order valence-electron chi connectivity index (χ1n) is 9.53. The highest BCUT2D eigenvalue weighted by Gasteiger charge is 2.34. The summed E-state index contributed by atoms with van der Waals surface area (Å²) in [7, 11) is 0. The van der Waals surface area contributed by atoms with Crippen LogP contribution in [0.15, 0.2) is 18.5 Å². The topological polar surface area (TPSA) is 85.3 Å². The van der Waals surface area contributed by atoms with Crippen molar-refractivity contribution in [1.29, 1.82) is 0 Å². The summed E-state index contributed by atoms with van der Waals surface area (Å²) in [6.45, 7) is 6.53. The Kier molecular flexibility index (Phi) is 7.06. The van der Waals surface area contributed by atoms with Crippen LogP contribution in [-0.4, -0.2) is 39.5 Å². The summed E-state index contributed by atoms with van der Waals surface area (Å²) >= 11 is 0. The molecule has 7 nitrogen and oxygen atoms in total. The van der Waals surface area contributed by atoms with Gasteiger partial charge >= 0.3 is 6.09 Å². The Morgan fingerprint density at radius 1 is 1.19 bits per heavy atom. The number of amides is 2. The van der Waals surface area contributed by atoms with Gasteiger partial charge in [0.25, 0.3) is 0 Å². The Morgan fingerprint density at radius 2 is 1.88 bits per heavy atom. The van der Waals surface area contributed by atoms with E-state index in [-0.39, 0.29) is 5.91 Å². The molecule has 0 unspecified atom stereocenters. The van der Waals surface area contributed by atoms with Gasteiger partial charge in [-0.1, -0.05) is 25.7 Å². The van der Waals surface area contributed by atoms with Gasteiger partial charge in [-0.15, -0.1) is 0 Å². The molecule has 1 aromatic heterocycles. The summed E-state index contributed by atoms with van der Waals surface area (Å²) in [4.78, 5) is 24.5. The van der Waals surface area contributed by atoms with E-state index in [0.29, 0.717) is 19.5 Å². The molecule has 1 aliphatic carbocycles. The monoisotopic (exact) mass is 364 g/mol. The fourth-order valence-corrected chi connectivity index (χ4v) is 3.28. The maximum Gasteiger partial charge on any atom is 0.408 e. The van der Waals surface area contributed by atoms with Crippen molar-refractivity contribution in [2.24, 2.45) is 0 Å². The van der Waals surface area contributed by atoms with E-state index in [1.165, 1.54) is 0 Å². The van der Waals surface area contributed by atoms with Gasteiger partial charge < -0.3 is 15.4 Å². The lowest BCUT2D eigenvalue weighted by Gasteiger charge is -2.35. The molecule has 0 bridgehead atoms. The van der Waals surface area contributed by atoms with Crippen LogP contribution in [0.5, 0.6) is 0 Å². The lowest BCUT2D eigenvalue weighted by atomic mass is 9.90. The largest absolute Gasteiger partial charge is 0.444 e. The second-order valence-electron chi connectivity index (χ2n) is 8.12. The zero-order valence-electron chi connectivity index (χ0n) is 16.2. The molecule has 1 aliphatic rings. The van der Waals surface area contributed by atoms with Crippen LogP contribution in [0, 0.1) is 0 Å². The van der Waals surface area contributed by atoms with Crippen molar-refractivity contribution in [2.75, 3.05) is 6.54 Å². The SMILES string of the molecule is CC(C)(C)OC(=O)NC1(CNC(=O)CCn2cccn2)CCCCCC1. The minimum atomic E-state index is -0.539. The van der Waals surface area contributed by atoms with Crippen molar-refractivity contribution in [1.82, 2.24) is 20.4 Å². The van der Waals surface area contributed by atoms with Crippen LogP contribution in [0.3, 0.4) is 0 Å².